The van der Waals surface area contributed by atoms with Gasteiger partial charge in [-0.3, -0.25) is 4.79 Å². The first-order chi connectivity index (χ1) is 9.38. The molecule has 1 rings (SSSR count). The van der Waals surface area contributed by atoms with E-state index >= 15 is 0 Å². The van der Waals surface area contributed by atoms with E-state index in [2.05, 4.69) is 4.98 Å². The second-order valence-corrected chi connectivity index (χ2v) is 4.46. The van der Waals surface area contributed by atoms with Gasteiger partial charge in [0.2, 0.25) is 5.91 Å². The molecule has 0 fully saturated rings. The topological polar surface area (TPSA) is 88.8 Å². The molecular formula is C13H20N4O3. The molecule has 0 unspecified atom stereocenters. The number of nitrogen functional groups attached to an aromatic ring is 1. The van der Waals surface area contributed by atoms with Crippen LogP contribution in [-0.4, -0.2) is 56.1 Å². The molecule has 1 heterocycles. The first kappa shape index (κ1) is 15.7. The average Bonchev–Trinajstić information content (AvgIpc) is 2.38. The summed E-state index contributed by atoms with van der Waals surface area (Å²) in [6.45, 7) is 2.11. The molecule has 0 aliphatic rings. The molecule has 0 aliphatic carbocycles. The molecule has 0 radical (unpaired) electrons. The maximum Gasteiger partial charge on any atom is 0.340 e. The number of rotatable bonds is 5. The summed E-state index contributed by atoms with van der Waals surface area (Å²) in [6, 6.07) is 1.50. The van der Waals surface area contributed by atoms with Crippen LogP contribution in [0.5, 0.6) is 0 Å². The zero-order chi connectivity index (χ0) is 15.3. The van der Waals surface area contributed by atoms with E-state index in [9.17, 15) is 9.59 Å². The second-order valence-electron chi connectivity index (χ2n) is 4.46. The summed E-state index contributed by atoms with van der Waals surface area (Å²) in [5.74, 6) is -0.207. The number of pyridine rings is 1. The second kappa shape index (κ2) is 6.74. The number of ether oxygens (including phenoxy) is 1. The molecule has 0 saturated heterocycles. The Morgan fingerprint density at radius 2 is 2.00 bits per heavy atom. The predicted molar refractivity (Wildman–Crippen MR) is 76.6 cm³/mol. The summed E-state index contributed by atoms with van der Waals surface area (Å²) in [5.41, 5.74) is 6.40. The van der Waals surface area contributed by atoms with Crippen molar-refractivity contribution < 1.29 is 14.3 Å². The van der Waals surface area contributed by atoms with Crippen molar-refractivity contribution in [1.82, 2.24) is 9.88 Å². The molecule has 110 valence electrons. The normalized spacial score (nSPS) is 10.0. The van der Waals surface area contributed by atoms with Gasteiger partial charge < -0.3 is 20.3 Å². The van der Waals surface area contributed by atoms with Crippen LogP contribution in [0, 0.1) is 0 Å². The van der Waals surface area contributed by atoms with Gasteiger partial charge in [-0.2, -0.15) is 0 Å². The molecule has 0 spiro atoms. The highest BCUT2D eigenvalue weighted by molar-refractivity contribution is 5.98. The van der Waals surface area contributed by atoms with Crippen LogP contribution in [0.1, 0.15) is 17.3 Å². The Kier molecular flexibility index (Phi) is 5.31. The van der Waals surface area contributed by atoms with Crippen molar-refractivity contribution in [2.45, 2.75) is 6.92 Å². The van der Waals surface area contributed by atoms with Crippen molar-refractivity contribution in [1.29, 1.82) is 0 Å². The summed E-state index contributed by atoms with van der Waals surface area (Å²) in [5, 5.41) is 0. The van der Waals surface area contributed by atoms with Crippen LogP contribution in [0.25, 0.3) is 0 Å². The Morgan fingerprint density at radius 1 is 1.35 bits per heavy atom. The summed E-state index contributed by atoms with van der Waals surface area (Å²) < 4.78 is 4.92. The van der Waals surface area contributed by atoms with Crippen LogP contribution in [0.4, 0.5) is 11.5 Å². The van der Waals surface area contributed by atoms with Gasteiger partial charge in [0.25, 0.3) is 0 Å². The third-order valence-corrected chi connectivity index (χ3v) is 2.70. The average molecular weight is 280 g/mol. The van der Waals surface area contributed by atoms with Gasteiger partial charge in [0, 0.05) is 27.3 Å². The number of esters is 1. The number of nitrogens with two attached hydrogens (primary N) is 1. The SMILES string of the molecule is CCOC(=O)c1ccnc(N(C)CC(=O)N(C)C)c1N. The third-order valence-electron chi connectivity index (χ3n) is 2.70. The van der Waals surface area contributed by atoms with Crippen LogP contribution in [0.3, 0.4) is 0 Å². The number of hydrogen-bond acceptors (Lipinski definition) is 6. The minimum absolute atomic E-state index is 0.0877. The highest BCUT2D eigenvalue weighted by atomic mass is 16.5. The molecule has 2 N–H and O–H groups in total. The number of amides is 1. The van der Waals surface area contributed by atoms with E-state index in [1.807, 2.05) is 0 Å². The Balaban J connectivity index is 2.99. The smallest absolute Gasteiger partial charge is 0.340 e. The van der Waals surface area contributed by atoms with Gasteiger partial charge in [-0.25, -0.2) is 9.78 Å². The van der Waals surface area contributed by atoms with Crippen LogP contribution >= 0.6 is 0 Å². The van der Waals surface area contributed by atoms with Gasteiger partial charge in [0.15, 0.2) is 5.82 Å². The monoisotopic (exact) mass is 280 g/mol. The van der Waals surface area contributed by atoms with E-state index in [1.54, 1.807) is 33.0 Å². The van der Waals surface area contributed by atoms with E-state index in [-0.39, 0.29) is 30.3 Å². The van der Waals surface area contributed by atoms with E-state index in [0.29, 0.717) is 5.82 Å². The first-order valence-corrected chi connectivity index (χ1v) is 6.21. The van der Waals surface area contributed by atoms with Crippen LogP contribution < -0.4 is 10.6 Å². The highest BCUT2D eigenvalue weighted by Gasteiger charge is 2.18. The number of hydrogen-bond donors (Lipinski definition) is 1. The summed E-state index contributed by atoms with van der Waals surface area (Å²) in [6.07, 6.45) is 1.47. The molecule has 1 amide bonds. The quantitative estimate of drug-likeness (QED) is 0.784. The number of nitrogens with zero attached hydrogens (tertiary/aromatic N) is 3. The molecule has 0 aliphatic heterocycles. The molecule has 7 nitrogen and oxygen atoms in total. The van der Waals surface area contributed by atoms with E-state index < -0.39 is 5.97 Å². The minimum atomic E-state index is -0.499. The van der Waals surface area contributed by atoms with Gasteiger partial charge in [-0.05, 0) is 13.0 Å². The minimum Gasteiger partial charge on any atom is -0.462 e. The van der Waals surface area contributed by atoms with Gasteiger partial charge >= 0.3 is 5.97 Å². The Labute approximate surface area is 118 Å². The fourth-order valence-corrected chi connectivity index (χ4v) is 1.57. The lowest BCUT2D eigenvalue weighted by Crippen LogP contribution is -2.35. The van der Waals surface area contributed by atoms with Gasteiger partial charge in [0.05, 0.1) is 24.4 Å². The first-order valence-electron chi connectivity index (χ1n) is 6.21. The Bertz CT molecular complexity index is 502. The molecule has 1 aromatic rings. The highest BCUT2D eigenvalue weighted by Crippen LogP contribution is 2.23. The van der Waals surface area contributed by atoms with Gasteiger partial charge in [-0.1, -0.05) is 0 Å². The maximum atomic E-state index is 11.7. The lowest BCUT2D eigenvalue weighted by Gasteiger charge is -2.22. The third kappa shape index (κ3) is 3.59. The van der Waals surface area contributed by atoms with Crippen LogP contribution in [0.15, 0.2) is 12.3 Å². The number of aromatic nitrogens is 1. The van der Waals surface area contributed by atoms with Crippen molar-refractivity contribution in [3.05, 3.63) is 17.8 Å². The number of anilines is 2. The molecular weight excluding hydrogens is 260 g/mol. The molecule has 0 atom stereocenters. The fraction of sp³-hybridized carbons (Fsp3) is 0.462. The van der Waals surface area contributed by atoms with Crippen molar-refractivity contribution in [3.63, 3.8) is 0 Å². The largest absolute Gasteiger partial charge is 0.462 e. The van der Waals surface area contributed by atoms with Gasteiger partial charge in [0.1, 0.15) is 0 Å². The van der Waals surface area contributed by atoms with E-state index in [0.717, 1.165) is 0 Å². The zero-order valence-corrected chi connectivity index (χ0v) is 12.2. The number of carbonyl (C=O) groups excluding carboxylic acids is 2. The maximum absolute atomic E-state index is 11.7. The fourth-order valence-electron chi connectivity index (χ4n) is 1.57. The van der Waals surface area contributed by atoms with Crippen LogP contribution in [0.2, 0.25) is 0 Å². The van der Waals surface area contributed by atoms with Crippen molar-refractivity contribution in [2.24, 2.45) is 0 Å². The number of carbonyl (C=O) groups is 2. The molecule has 0 aromatic carbocycles. The molecule has 20 heavy (non-hydrogen) atoms. The Hall–Kier alpha value is -2.31. The lowest BCUT2D eigenvalue weighted by atomic mass is 10.2. The summed E-state index contributed by atoms with van der Waals surface area (Å²) >= 11 is 0. The van der Waals surface area contributed by atoms with Crippen molar-refractivity contribution in [3.8, 4) is 0 Å². The van der Waals surface area contributed by atoms with E-state index in [1.165, 1.54) is 17.2 Å². The lowest BCUT2D eigenvalue weighted by molar-refractivity contribution is -0.127. The van der Waals surface area contributed by atoms with Gasteiger partial charge in [-0.15, -0.1) is 0 Å². The standard InChI is InChI=1S/C13H20N4O3/c1-5-20-13(19)9-6-7-15-12(11(9)14)17(4)8-10(18)16(2)3/h6-7H,5,8,14H2,1-4H3. The van der Waals surface area contributed by atoms with Crippen molar-refractivity contribution in [2.75, 3.05) is 44.9 Å². The van der Waals surface area contributed by atoms with Crippen molar-refractivity contribution >= 4 is 23.4 Å². The van der Waals surface area contributed by atoms with E-state index in [4.69, 9.17) is 10.5 Å². The molecule has 0 bridgehead atoms. The number of likely N-dealkylation sites (N-methyl/N-ethyl adjacent to an activating group) is 2. The molecule has 1 aromatic heterocycles. The summed E-state index contributed by atoms with van der Waals surface area (Å²) in [4.78, 5) is 30.6. The predicted octanol–water partition coefficient (Wildman–Crippen LogP) is 0.365. The molecule has 7 heteroatoms. The Morgan fingerprint density at radius 3 is 2.55 bits per heavy atom. The zero-order valence-electron chi connectivity index (χ0n) is 12.2. The summed E-state index contributed by atoms with van der Waals surface area (Å²) in [7, 11) is 5.03. The van der Waals surface area contributed by atoms with Crippen LogP contribution in [-0.2, 0) is 9.53 Å². The molecule has 0 saturated carbocycles.